The first kappa shape index (κ1) is 23.9. The molecule has 2 saturated heterocycles. The molecule has 0 unspecified atom stereocenters. The van der Waals surface area contributed by atoms with Crippen LogP contribution >= 0.6 is 0 Å². The van der Waals surface area contributed by atoms with E-state index in [2.05, 4.69) is 22.1 Å². The van der Waals surface area contributed by atoms with Crippen molar-refractivity contribution in [2.75, 3.05) is 32.8 Å². The van der Waals surface area contributed by atoms with Crippen LogP contribution in [0.25, 0.3) is 0 Å². The molecule has 1 aromatic carbocycles. The van der Waals surface area contributed by atoms with Crippen molar-refractivity contribution in [2.24, 2.45) is 0 Å². The zero-order valence-corrected chi connectivity index (χ0v) is 18.4. The van der Waals surface area contributed by atoms with E-state index in [4.69, 9.17) is 14.6 Å². The van der Waals surface area contributed by atoms with E-state index in [1.54, 1.807) is 10.9 Å². The number of morpholine rings is 1. The van der Waals surface area contributed by atoms with E-state index in [1.807, 2.05) is 36.2 Å². The van der Waals surface area contributed by atoms with E-state index in [1.165, 1.54) is 0 Å². The molecule has 0 bridgehead atoms. The molecule has 2 aliphatic rings. The summed E-state index contributed by atoms with van der Waals surface area (Å²) in [6.45, 7) is 6.06. The molecule has 9 nitrogen and oxygen atoms in total. The number of aliphatic hydroxyl groups excluding tert-OH is 1. The minimum atomic E-state index is -0.250. The molecule has 1 aromatic heterocycles. The Balaban J connectivity index is 0.000000913. The third-order valence-corrected chi connectivity index (χ3v) is 5.95. The van der Waals surface area contributed by atoms with Gasteiger partial charge < -0.3 is 24.7 Å². The summed E-state index contributed by atoms with van der Waals surface area (Å²) in [6.07, 6.45) is 4.76. The number of aromatic nitrogens is 2. The van der Waals surface area contributed by atoms with Gasteiger partial charge >= 0.3 is 0 Å². The zero-order chi connectivity index (χ0) is 22.9. The maximum absolute atomic E-state index is 13.4. The summed E-state index contributed by atoms with van der Waals surface area (Å²) in [5.74, 6) is 0.000851. The van der Waals surface area contributed by atoms with E-state index < -0.39 is 0 Å². The normalized spacial score (nSPS) is 22.1. The van der Waals surface area contributed by atoms with Crippen LogP contribution in [0.15, 0.2) is 42.7 Å². The second-order valence-electron chi connectivity index (χ2n) is 7.99. The second kappa shape index (κ2) is 11.8. The Morgan fingerprint density at radius 3 is 2.53 bits per heavy atom. The third-order valence-electron chi connectivity index (χ3n) is 5.95. The van der Waals surface area contributed by atoms with Gasteiger partial charge in [0.2, 0.25) is 0 Å². The Labute approximate surface area is 188 Å². The predicted octanol–water partition coefficient (Wildman–Crippen LogP) is 1.64. The summed E-state index contributed by atoms with van der Waals surface area (Å²) in [5, 5.41) is 21.0. The first-order valence-electron chi connectivity index (χ1n) is 11.1. The molecule has 1 amide bonds. The molecular weight excluding hydrogens is 412 g/mol. The molecule has 174 valence electrons. The van der Waals surface area contributed by atoms with Crippen molar-refractivity contribution in [3.8, 4) is 0 Å². The maximum atomic E-state index is 13.4. The molecule has 0 saturated carbocycles. The number of rotatable bonds is 5. The van der Waals surface area contributed by atoms with Crippen molar-refractivity contribution in [2.45, 2.75) is 44.6 Å². The first-order valence-corrected chi connectivity index (χ1v) is 11.1. The van der Waals surface area contributed by atoms with E-state index in [9.17, 15) is 9.90 Å². The summed E-state index contributed by atoms with van der Waals surface area (Å²) in [7, 11) is 0. The SMILES string of the molecule is CCn1cc(C(=O)N2CCO[C@@H](CN3CCC(O)CC3)[C@@H]2c2ccccc2)cn1.O=CO. The molecule has 9 heteroatoms. The van der Waals surface area contributed by atoms with Crippen molar-refractivity contribution in [1.82, 2.24) is 19.6 Å². The quantitative estimate of drug-likeness (QED) is 0.675. The van der Waals surface area contributed by atoms with Crippen molar-refractivity contribution >= 4 is 12.4 Å². The zero-order valence-electron chi connectivity index (χ0n) is 18.4. The van der Waals surface area contributed by atoms with Gasteiger partial charge in [0.05, 0.1) is 36.6 Å². The number of benzene rings is 1. The average Bonchev–Trinajstić information content (AvgIpc) is 3.30. The fourth-order valence-corrected chi connectivity index (χ4v) is 4.33. The first-order chi connectivity index (χ1) is 15.6. The lowest BCUT2D eigenvalue weighted by Crippen LogP contribution is -2.52. The van der Waals surface area contributed by atoms with Crippen molar-refractivity contribution in [3.05, 3.63) is 53.9 Å². The van der Waals surface area contributed by atoms with E-state index in [0.29, 0.717) is 18.7 Å². The van der Waals surface area contributed by atoms with Gasteiger partial charge in [-0.05, 0) is 25.3 Å². The molecule has 2 fully saturated rings. The molecule has 4 rings (SSSR count). The van der Waals surface area contributed by atoms with E-state index in [0.717, 1.165) is 44.6 Å². The van der Waals surface area contributed by atoms with Crippen LogP contribution in [0.3, 0.4) is 0 Å². The maximum Gasteiger partial charge on any atom is 0.290 e. The highest BCUT2D eigenvalue weighted by atomic mass is 16.5. The van der Waals surface area contributed by atoms with Crippen molar-refractivity contribution < 1.29 is 24.5 Å². The summed E-state index contributed by atoms with van der Waals surface area (Å²) in [6, 6.07) is 10.0. The Kier molecular flexibility index (Phi) is 8.78. The van der Waals surface area contributed by atoms with Gasteiger partial charge in [0.25, 0.3) is 12.4 Å². The predicted molar refractivity (Wildman–Crippen MR) is 118 cm³/mol. The summed E-state index contributed by atoms with van der Waals surface area (Å²) >= 11 is 0. The molecule has 0 aliphatic carbocycles. The van der Waals surface area contributed by atoms with Crippen LogP contribution in [-0.4, -0.2) is 87.2 Å². The number of nitrogens with zero attached hydrogens (tertiary/aromatic N) is 4. The number of likely N-dealkylation sites (tertiary alicyclic amines) is 1. The molecule has 3 heterocycles. The van der Waals surface area contributed by atoms with E-state index in [-0.39, 0.29) is 30.6 Å². The summed E-state index contributed by atoms with van der Waals surface area (Å²) in [4.78, 5) is 26.0. The standard InChI is InChI=1S/C22H30N4O3.CH2O2/c1-2-25-15-18(14-23-25)22(28)26-12-13-29-20(16-24-10-8-19(27)9-11-24)21(26)17-6-4-3-5-7-17;2-1-3/h3-7,14-15,19-21,27H,2,8-13,16H2,1H3;1H,(H,2,3)/t20-,21-;/m0./s1. The van der Waals surface area contributed by atoms with E-state index >= 15 is 0 Å². The molecule has 2 aromatic rings. The number of carboxylic acid groups (broad SMARTS) is 1. The lowest BCUT2D eigenvalue weighted by atomic mass is 9.96. The Hall–Kier alpha value is -2.75. The number of carbonyl (C=O) groups is 2. The van der Waals surface area contributed by atoms with Gasteiger partial charge in [-0.15, -0.1) is 0 Å². The fraction of sp³-hybridized carbons (Fsp3) is 0.522. The van der Waals surface area contributed by atoms with Gasteiger partial charge in [-0.25, -0.2) is 0 Å². The van der Waals surface area contributed by atoms with Crippen LogP contribution in [0, 0.1) is 0 Å². The molecule has 0 radical (unpaired) electrons. The second-order valence-corrected chi connectivity index (χ2v) is 7.99. The van der Waals surface area contributed by atoms with Gasteiger partial charge in [0.15, 0.2) is 0 Å². The lowest BCUT2D eigenvalue weighted by molar-refractivity contribution is -0.122. The number of amides is 1. The molecule has 2 N–H and O–H groups in total. The topological polar surface area (TPSA) is 108 Å². The number of piperidine rings is 1. The fourth-order valence-electron chi connectivity index (χ4n) is 4.33. The monoisotopic (exact) mass is 444 g/mol. The number of aryl methyl sites for hydroxylation is 1. The average molecular weight is 445 g/mol. The molecular formula is C23H32N4O5. The molecule has 32 heavy (non-hydrogen) atoms. The summed E-state index contributed by atoms with van der Waals surface area (Å²) in [5.41, 5.74) is 1.71. The molecule has 2 aliphatic heterocycles. The third kappa shape index (κ3) is 5.93. The number of hydrogen-bond acceptors (Lipinski definition) is 6. The Morgan fingerprint density at radius 2 is 1.91 bits per heavy atom. The lowest BCUT2D eigenvalue weighted by Gasteiger charge is -2.43. The van der Waals surface area contributed by atoms with Crippen LogP contribution in [0.2, 0.25) is 0 Å². The van der Waals surface area contributed by atoms with Crippen LogP contribution in [0.5, 0.6) is 0 Å². The van der Waals surface area contributed by atoms with Gasteiger partial charge in [-0.2, -0.15) is 5.10 Å². The van der Waals surface area contributed by atoms with Gasteiger partial charge in [-0.3, -0.25) is 14.3 Å². The molecule has 2 atom stereocenters. The van der Waals surface area contributed by atoms with Gasteiger partial charge in [-0.1, -0.05) is 30.3 Å². The van der Waals surface area contributed by atoms with Crippen LogP contribution < -0.4 is 0 Å². The van der Waals surface area contributed by atoms with Crippen molar-refractivity contribution in [3.63, 3.8) is 0 Å². The summed E-state index contributed by atoms with van der Waals surface area (Å²) < 4.78 is 7.98. The number of aliphatic hydroxyl groups is 1. The van der Waals surface area contributed by atoms with Crippen LogP contribution in [0.4, 0.5) is 0 Å². The highest BCUT2D eigenvalue weighted by Crippen LogP contribution is 2.32. The van der Waals surface area contributed by atoms with Crippen LogP contribution in [-0.2, 0) is 16.1 Å². The van der Waals surface area contributed by atoms with Crippen molar-refractivity contribution in [1.29, 1.82) is 0 Å². The highest BCUT2D eigenvalue weighted by Gasteiger charge is 2.38. The smallest absolute Gasteiger partial charge is 0.290 e. The molecule has 0 spiro atoms. The minimum Gasteiger partial charge on any atom is -0.483 e. The number of carbonyl (C=O) groups excluding carboxylic acids is 1. The van der Waals surface area contributed by atoms with Crippen LogP contribution in [0.1, 0.15) is 41.7 Å². The van der Waals surface area contributed by atoms with Gasteiger partial charge in [0.1, 0.15) is 0 Å². The number of hydrogen-bond donors (Lipinski definition) is 2. The largest absolute Gasteiger partial charge is 0.483 e. The minimum absolute atomic E-state index is 0.000851. The highest BCUT2D eigenvalue weighted by molar-refractivity contribution is 5.94. The Morgan fingerprint density at radius 1 is 1.22 bits per heavy atom. The Bertz CT molecular complexity index is 851. The van der Waals surface area contributed by atoms with Gasteiger partial charge in [0, 0.05) is 38.9 Å². The number of ether oxygens (including phenoxy) is 1.